The molecule has 0 aliphatic carbocycles. The zero-order chi connectivity index (χ0) is 10.7. The van der Waals surface area contributed by atoms with Gasteiger partial charge in [-0.05, 0) is 23.8 Å². The molecule has 0 bridgehead atoms. The van der Waals surface area contributed by atoms with Gasteiger partial charge in [0.1, 0.15) is 17.6 Å². The average molecular weight is 199 g/mol. The largest absolute Gasteiger partial charge is 0.508 e. The number of aliphatic carboxylic acids is 1. The Morgan fingerprint density at radius 2 is 2.21 bits per heavy atom. The number of hydrogen-bond acceptors (Lipinski definition) is 3. The molecule has 76 valence electrons. The summed E-state index contributed by atoms with van der Waals surface area (Å²) in [5.74, 6) is -1.88. The van der Waals surface area contributed by atoms with Crippen LogP contribution in [0.2, 0.25) is 0 Å². The lowest BCUT2D eigenvalue weighted by Crippen LogP contribution is -2.32. The highest BCUT2D eigenvalue weighted by Crippen LogP contribution is 2.16. The number of phenols is 1. The number of phenolic OH excluding ortho intramolecular Hbond substituents is 1. The number of carboxylic acids is 1. The summed E-state index contributed by atoms with van der Waals surface area (Å²) in [5, 5.41) is 17.5. The lowest BCUT2D eigenvalue weighted by Gasteiger charge is -2.07. The third-order valence-electron chi connectivity index (χ3n) is 1.79. The zero-order valence-corrected chi connectivity index (χ0v) is 7.27. The van der Waals surface area contributed by atoms with Gasteiger partial charge in [-0.15, -0.1) is 0 Å². The molecule has 0 saturated heterocycles. The van der Waals surface area contributed by atoms with E-state index in [-0.39, 0.29) is 17.7 Å². The molecule has 1 aromatic rings. The summed E-state index contributed by atoms with van der Waals surface area (Å²) in [6.07, 6.45) is -0.143. The molecule has 4 nitrogen and oxygen atoms in total. The fourth-order valence-corrected chi connectivity index (χ4v) is 1.04. The summed E-state index contributed by atoms with van der Waals surface area (Å²) in [6.45, 7) is 0. The van der Waals surface area contributed by atoms with E-state index < -0.39 is 17.8 Å². The number of nitrogens with two attached hydrogens (primary N) is 1. The molecule has 0 unspecified atom stereocenters. The molecule has 0 amide bonds. The van der Waals surface area contributed by atoms with Crippen molar-refractivity contribution >= 4 is 5.97 Å². The van der Waals surface area contributed by atoms with E-state index >= 15 is 0 Å². The maximum atomic E-state index is 13.0. The standard InChI is InChI=1S/C9H10FNO3/c10-7-2-1-6(12)3-5(7)4-8(11)9(13)14/h1-3,8,12H,4,11H2,(H,13,14)/t8-/m0/s1. The van der Waals surface area contributed by atoms with Crippen LogP contribution in [-0.4, -0.2) is 22.2 Å². The van der Waals surface area contributed by atoms with Gasteiger partial charge in [-0.3, -0.25) is 4.79 Å². The monoisotopic (exact) mass is 199 g/mol. The van der Waals surface area contributed by atoms with Crippen molar-refractivity contribution in [2.24, 2.45) is 5.73 Å². The molecule has 0 fully saturated rings. The molecular weight excluding hydrogens is 189 g/mol. The molecule has 0 saturated carbocycles. The summed E-state index contributed by atoms with van der Waals surface area (Å²) in [7, 11) is 0. The number of benzene rings is 1. The highest BCUT2D eigenvalue weighted by atomic mass is 19.1. The number of carbonyl (C=O) groups is 1. The first kappa shape index (κ1) is 10.5. The van der Waals surface area contributed by atoms with Crippen LogP contribution in [0.15, 0.2) is 18.2 Å². The maximum Gasteiger partial charge on any atom is 0.320 e. The second-order valence-corrected chi connectivity index (χ2v) is 2.92. The van der Waals surface area contributed by atoms with Crippen molar-refractivity contribution in [1.29, 1.82) is 0 Å². The quantitative estimate of drug-likeness (QED) is 0.661. The Labute approximate surface area is 79.8 Å². The van der Waals surface area contributed by atoms with Crippen LogP contribution in [0.3, 0.4) is 0 Å². The Bertz CT molecular complexity index is 354. The Hall–Kier alpha value is -1.62. The van der Waals surface area contributed by atoms with E-state index in [1.807, 2.05) is 0 Å². The highest BCUT2D eigenvalue weighted by molar-refractivity contribution is 5.73. The van der Waals surface area contributed by atoms with Gasteiger partial charge in [-0.1, -0.05) is 0 Å². The fourth-order valence-electron chi connectivity index (χ4n) is 1.04. The highest BCUT2D eigenvalue weighted by Gasteiger charge is 2.14. The van der Waals surface area contributed by atoms with Gasteiger partial charge < -0.3 is 15.9 Å². The zero-order valence-electron chi connectivity index (χ0n) is 7.27. The summed E-state index contributed by atoms with van der Waals surface area (Å²) in [4.78, 5) is 10.4. The van der Waals surface area contributed by atoms with E-state index in [0.717, 1.165) is 12.1 Å². The van der Waals surface area contributed by atoms with Crippen molar-refractivity contribution in [1.82, 2.24) is 0 Å². The van der Waals surface area contributed by atoms with Crippen LogP contribution in [-0.2, 0) is 11.2 Å². The number of carboxylic acid groups (broad SMARTS) is 1. The minimum Gasteiger partial charge on any atom is -0.508 e. The third-order valence-corrected chi connectivity index (χ3v) is 1.79. The van der Waals surface area contributed by atoms with Gasteiger partial charge in [0.2, 0.25) is 0 Å². The molecule has 0 heterocycles. The van der Waals surface area contributed by atoms with Crippen LogP contribution < -0.4 is 5.73 Å². The average Bonchev–Trinajstić information content (AvgIpc) is 2.11. The SMILES string of the molecule is N[C@@H](Cc1cc(O)ccc1F)C(=O)O. The Morgan fingerprint density at radius 1 is 1.57 bits per heavy atom. The van der Waals surface area contributed by atoms with Gasteiger partial charge in [0.05, 0.1) is 0 Å². The molecule has 0 radical (unpaired) electrons. The Morgan fingerprint density at radius 3 is 2.79 bits per heavy atom. The third kappa shape index (κ3) is 2.43. The van der Waals surface area contributed by atoms with Crippen molar-refractivity contribution in [2.75, 3.05) is 0 Å². The van der Waals surface area contributed by atoms with E-state index in [9.17, 15) is 9.18 Å². The van der Waals surface area contributed by atoms with Crippen molar-refractivity contribution in [3.8, 4) is 5.75 Å². The van der Waals surface area contributed by atoms with E-state index in [1.165, 1.54) is 6.07 Å². The summed E-state index contributed by atoms with van der Waals surface area (Å²) >= 11 is 0. The predicted octanol–water partition coefficient (Wildman–Crippen LogP) is 0.486. The van der Waals surface area contributed by atoms with Gasteiger partial charge >= 0.3 is 5.97 Å². The second kappa shape index (κ2) is 4.06. The van der Waals surface area contributed by atoms with Gasteiger partial charge in [-0.2, -0.15) is 0 Å². The smallest absolute Gasteiger partial charge is 0.320 e. The van der Waals surface area contributed by atoms with Crippen LogP contribution in [0.1, 0.15) is 5.56 Å². The molecule has 5 heteroatoms. The minimum absolute atomic E-state index is 0.0971. The molecule has 0 spiro atoms. The molecule has 1 atom stereocenters. The van der Waals surface area contributed by atoms with E-state index in [0.29, 0.717) is 0 Å². The van der Waals surface area contributed by atoms with Crippen LogP contribution in [0.25, 0.3) is 0 Å². The second-order valence-electron chi connectivity index (χ2n) is 2.92. The van der Waals surface area contributed by atoms with Gasteiger partial charge in [0.15, 0.2) is 0 Å². The molecule has 4 N–H and O–H groups in total. The van der Waals surface area contributed by atoms with Crippen LogP contribution in [0.5, 0.6) is 5.75 Å². The van der Waals surface area contributed by atoms with Gasteiger partial charge in [0.25, 0.3) is 0 Å². The first-order valence-electron chi connectivity index (χ1n) is 3.96. The Kier molecular flexibility index (Phi) is 3.03. The summed E-state index contributed by atoms with van der Waals surface area (Å²) < 4.78 is 13.0. The number of hydrogen-bond donors (Lipinski definition) is 3. The van der Waals surface area contributed by atoms with Gasteiger partial charge in [-0.25, -0.2) is 4.39 Å². The first-order valence-corrected chi connectivity index (χ1v) is 3.96. The topological polar surface area (TPSA) is 83.5 Å². The van der Waals surface area contributed by atoms with Gasteiger partial charge in [0, 0.05) is 6.42 Å². The number of rotatable bonds is 3. The Balaban J connectivity index is 2.85. The van der Waals surface area contributed by atoms with Crippen molar-refractivity contribution in [3.63, 3.8) is 0 Å². The van der Waals surface area contributed by atoms with Crippen molar-refractivity contribution in [2.45, 2.75) is 12.5 Å². The lowest BCUT2D eigenvalue weighted by atomic mass is 10.1. The molecular formula is C9H10FNO3. The predicted molar refractivity (Wildman–Crippen MR) is 47.4 cm³/mol. The fraction of sp³-hybridized carbons (Fsp3) is 0.222. The van der Waals surface area contributed by atoms with Crippen LogP contribution in [0.4, 0.5) is 4.39 Å². The van der Waals surface area contributed by atoms with E-state index in [1.54, 1.807) is 0 Å². The van der Waals surface area contributed by atoms with E-state index in [4.69, 9.17) is 15.9 Å². The maximum absolute atomic E-state index is 13.0. The van der Waals surface area contributed by atoms with Crippen LogP contribution >= 0.6 is 0 Å². The molecule has 1 rings (SSSR count). The van der Waals surface area contributed by atoms with E-state index in [2.05, 4.69) is 0 Å². The molecule has 0 aliphatic rings. The normalized spacial score (nSPS) is 12.4. The lowest BCUT2D eigenvalue weighted by molar-refractivity contribution is -0.138. The molecule has 1 aromatic carbocycles. The molecule has 0 aliphatic heterocycles. The summed E-state index contributed by atoms with van der Waals surface area (Å²) in [5.41, 5.74) is 5.32. The molecule has 0 aromatic heterocycles. The molecule has 14 heavy (non-hydrogen) atoms. The van der Waals surface area contributed by atoms with Crippen LogP contribution in [0, 0.1) is 5.82 Å². The first-order chi connectivity index (χ1) is 6.50. The number of aromatic hydroxyl groups is 1. The van der Waals surface area contributed by atoms with Crippen molar-refractivity contribution < 1.29 is 19.4 Å². The van der Waals surface area contributed by atoms with Crippen molar-refractivity contribution in [3.05, 3.63) is 29.6 Å². The number of halogens is 1. The summed E-state index contributed by atoms with van der Waals surface area (Å²) in [6, 6.07) is 2.26. The minimum atomic E-state index is -1.20.